The molecule has 1 atom stereocenters. The maximum atomic E-state index is 3.66. The van der Waals surface area contributed by atoms with E-state index in [-0.39, 0.29) is 0 Å². The number of hydrogen-bond donors (Lipinski definition) is 1. The van der Waals surface area contributed by atoms with Crippen molar-refractivity contribution in [2.24, 2.45) is 0 Å². The molecule has 1 aliphatic rings. The molecule has 1 aromatic rings. The van der Waals surface area contributed by atoms with E-state index < -0.39 is 0 Å². The largest absolute Gasteiger partial charge is 0.306 e. The lowest BCUT2D eigenvalue weighted by atomic mass is 10.1. The molecule has 0 bridgehead atoms. The smallest absolute Gasteiger partial charge is 0.0630 e. The zero-order chi connectivity index (χ0) is 10.5. The molecule has 1 N–H and O–H groups in total. The third kappa shape index (κ3) is 2.70. The molecule has 0 saturated carbocycles. The summed E-state index contributed by atoms with van der Waals surface area (Å²) in [4.78, 5) is 1.47. The summed E-state index contributed by atoms with van der Waals surface area (Å²) in [6, 6.07) is 4.89. The van der Waals surface area contributed by atoms with Gasteiger partial charge in [0.05, 0.1) is 6.04 Å². The van der Waals surface area contributed by atoms with Crippen LogP contribution in [0.3, 0.4) is 0 Å². The fraction of sp³-hybridized carbons (Fsp3) is 0.538. The Hall–Kier alpha value is -0.600. The van der Waals surface area contributed by atoms with E-state index in [1.807, 2.05) is 11.3 Å². The summed E-state index contributed by atoms with van der Waals surface area (Å²) in [5.74, 6) is 0. The predicted octanol–water partition coefficient (Wildman–Crippen LogP) is 3.90. The van der Waals surface area contributed by atoms with Crippen LogP contribution in [0.4, 0.5) is 0 Å². The van der Waals surface area contributed by atoms with Crippen LogP contribution in [0.1, 0.15) is 43.5 Å². The SMILES string of the molecule is CCCNC(C1=CCCC1)c1cccs1. The topological polar surface area (TPSA) is 12.0 Å². The number of hydrogen-bond acceptors (Lipinski definition) is 2. The average molecular weight is 221 g/mol. The fourth-order valence-corrected chi connectivity index (χ4v) is 2.96. The van der Waals surface area contributed by atoms with Crippen LogP contribution in [-0.4, -0.2) is 6.54 Å². The normalized spacial score (nSPS) is 17.8. The second-order valence-electron chi connectivity index (χ2n) is 4.07. The van der Waals surface area contributed by atoms with Crippen LogP contribution in [0.2, 0.25) is 0 Å². The van der Waals surface area contributed by atoms with Gasteiger partial charge < -0.3 is 5.32 Å². The summed E-state index contributed by atoms with van der Waals surface area (Å²) in [5, 5.41) is 5.83. The van der Waals surface area contributed by atoms with Crippen molar-refractivity contribution in [3.63, 3.8) is 0 Å². The molecule has 1 nitrogen and oxygen atoms in total. The number of rotatable bonds is 5. The van der Waals surface area contributed by atoms with Crippen LogP contribution in [0.25, 0.3) is 0 Å². The van der Waals surface area contributed by atoms with Gasteiger partial charge in [-0.15, -0.1) is 11.3 Å². The molecule has 1 heterocycles. The van der Waals surface area contributed by atoms with Crippen LogP contribution in [0.15, 0.2) is 29.2 Å². The van der Waals surface area contributed by atoms with E-state index in [0.717, 1.165) is 6.54 Å². The second kappa shape index (κ2) is 5.47. The molecule has 2 heteroatoms. The molecule has 1 aliphatic carbocycles. The summed E-state index contributed by atoms with van der Waals surface area (Å²) in [7, 11) is 0. The maximum Gasteiger partial charge on any atom is 0.0630 e. The molecule has 15 heavy (non-hydrogen) atoms. The first-order valence-electron chi connectivity index (χ1n) is 5.87. The van der Waals surface area contributed by atoms with Crippen LogP contribution in [-0.2, 0) is 0 Å². The van der Waals surface area contributed by atoms with Gasteiger partial charge in [0.1, 0.15) is 0 Å². The van der Waals surface area contributed by atoms with Gasteiger partial charge in [0, 0.05) is 4.88 Å². The van der Waals surface area contributed by atoms with Gasteiger partial charge in [-0.25, -0.2) is 0 Å². The van der Waals surface area contributed by atoms with Crippen molar-refractivity contribution in [3.8, 4) is 0 Å². The molecular weight excluding hydrogens is 202 g/mol. The molecule has 0 spiro atoms. The van der Waals surface area contributed by atoms with Crippen molar-refractivity contribution in [2.75, 3.05) is 6.54 Å². The molecule has 0 fully saturated rings. The lowest BCUT2D eigenvalue weighted by Gasteiger charge is -2.18. The van der Waals surface area contributed by atoms with E-state index >= 15 is 0 Å². The molecular formula is C13H19NS. The van der Waals surface area contributed by atoms with Crippen molar-refractivity contribution in [3.05, 3.63) is 34.0 Å². The van der Waals surface area contributed by atoms with Crippen molar-refractivity contribution in [1.29, 1.82) is 0 Å². The highest BCUT2D eigenvalue weighted by molar-refractivity contribution is 7.10. The molecule has 0 saturated heterocycles. The molecule has 0 aliphatic heterocycles. The summed E-state index contributed by atoms with van der Waals surface area (Å²) in [5.41, 5.74) is 1.60. The molecule has 82 valence electrons. The first kappa shape index (κ1) is 10.9. The molecule has 1 unspecified atom stereocenters. The standard InChI is InChI=1S/C13H19NS/c1-2-9-14-13(11-6-3-4-7-11)12-8-5-10-15-12/h5-6,8,10,13-14H,2-4,7,9H2,1H3. The Bertz CT molecular complexity index is 313. The third-order valence-electron chi connectivity index (χ3n) is 2.87. The van der Waals surface area contributed by atoms with Gasteiger partial charge in [-0.05, 0) is 43.7 Å². The van der Waals surface area contributed by atoms with Crippen molar-refractivity contribution in [1.82, 2.24) is 5.32 Å². The van der Waals surface area contributed by atoms with Gasteiger partial charge in [-0.1, -0.05) is 24.6 Å². The molecule has 0 radical (unpaired) electrons. The van der Waals surface area contributed by atoms with Gasteiger partial charge in [-0.2, -0.15) is 0 Å². The lowest BCUT2D eigenvalue weighted by molar-refractivity contribution is 0.586. The Morgan fingerprint density at radius 2 is 2.47 bits per heavy atom. The summed E-state index contributed by atoms with van der Waals surface area (Å²) < 4.78 is 0. The third-order valence-corrected chi connectivity index (χ3v) is 3.81. The van der Waals surface area contributed by atoms with Crippen LogP contribution in [0, 0.1) is 0 Å². The monoisotopic (exact) mass is 221 g/mol. The maximum absolute atomic E-state index is 3.66. The van der Waals surface area contributed by atoms with Gasteiger partial charge in [0.15, 0.2) is 0 Å². The Morgan fingerprint density at radius 3 is 3.07 bits per heavy atom. The average Bonchev–Trinajstić information content (AvgIpc) is 2.90. The Morgan fingerprint density at radius 1 is 1.53 bits per heavy atom. The Balaban J connectivity index is 2.09. The lowest BCUT2D eigenvalue weighted by Crippen LogP contribution is -2.22. The minimum absolute atomic E-state index is 0.493. The first-order valence-corrected chi connectivity index (χ1v) is 6.75. The first-order chi connectivity index (χ1) is 7.42. The van der Waals surface area contributed by atoms with Gasteiger partial charge >= 0.3 is 0 Å². The summed E-state index contributed by atoms with van der Waals surface area (Å²) in [6.45, 7) is 3.33. The second-order valence-corrected chi connectivity index (χ2v) is 5.05. The van der Waals surface area contributed by atoms with Crippen LogP contribution in [0.5, 0.6) is 0 Å². The van der Waals surface area contributed by atoms with E-state index in [4.69, 9.17) is 0 Å². The highest BCUT2D eigenvalue weighted by Crippen LogP contribution is 2.32. The summed E-state index contributed by atoms with van der Waals surface area (Å²) in [6.07, 6.45) is 7.51. The van der Waals surface area contributed by atoms with Crippen molar-refractivity contribution in [2.45, 2.75) is 38.6 Å². The number of allylic oxidation sites excluding steroid dienone is 1. The Labute approximate surface area is 96.2 Å². The van der Waals surface area contributed by atoms with Gasteiger partial charge in [0.25, 0.3) is 0 Å². The number of thiophene rings is 1. The van der Waals surface area contributed by atoms with Crippen molar-refractivity contribution >= 4 is 11.3 Å². The minimum Gasteiger partial charge on any atom is -0.306 e. The highest BCUT2D eigenvalue weighted by Gasteiger charge is 2.18. The van der Waals surface area contributed by atoms with Crippen LogP contribution < -0.4 is 5.32 Å². The van der Waals surface area contributed by atoms with Crippen molar-refractivity contribution < 1.29 is 0 Å². The van der Waals surface area contributed by atoms with Gasteiger partial charge in [-0.3, -0.25) is 0 Å². The molecule has 0 aromatic carbocycles. The molecule has 0 amide bonds. The predicted molar refractivity (Wildman–Crippen MR) is 67.3 cm³/mol. The number of nitrogens with one attached hydrogen (secondary N) is 1. The minimum atomic E-state index is 0.493. The summed E-state index contributed by atoms with van der Waals surface area (Å²) >= 11 is 1.86. The Kier molecular flexibility index (Phi) is 3.98. The molecule has 1 aromatic heterocycles. The van der Waals surface area contributed by atoms with E-state index in [9.17, 15) is 0 Å². The van der Waals surface area contributed by atoms with E-state index in [2.05, 4.69) is 35.8 Å². The van der Waals surface area contributed by atoms with E-state index in [0.29, 0.717) is 6.04 Å². The van der Waals surface area contributed by atoms with Gasteiger partial charge in [0.2, 0.25) is 0 Å². The van der Waals surface area contributed by atoms with E-state index in [1.165, 1.54) is 30.6 Å². The zero-order valence-corrected chi connectivity index (χ0v) is 10.1. The van der Waals surface area contributed by atoms with E-state index in [1.54, 1.807) is 5.57 Å². The quantitative estimate of drug-likeness (QED) is 0.744. The zero-order valence-electron chi connectivity index (χ0n) is 9.33. The fourth-order valence-electron chi connectivity index (χ4n) is 2.12. The highest BCUT2D eigenvalue weighted by atomic mass is 32.1. The van der Waals surface area contributed by atoms with Crippen LogP contribution >= 0.6 is 11.3 Å². The molecule has 2 rings (SSSR count).